The number of halogens is 3. The summed E-state index contributed by atoms with van der Waals surface area (Å²) in [4.78, 5) is 16.9. The van der Waals surface area contributed by atoms with Gasteiger partial charge in [0.2, 0.25) is 16.2 Å². The molecule has 0 saturated heterocycles. The average molecular weight is 559 g/mol. The molecule has 0 radical (unpaired) electrons. The summed E-state index contributed by atoms with van der Waals surface area (Å²) in [6.07, 6.45) is 3.32. The van der Waals surface area contributed by atoms with Crippen LogP contribution in [0.1, 0.15) is 11.1 Å². The van der Waals surface area contributed by atoms with E-state index in [1.165, 1.54) is 41.7 Å². The Morgan fingerprint density at radius 3 is 2.47 bits per heavy atom. The van der Waals surface area contributed by atoms with E-state index in [0.29, 0.717) is 22.0 Å². The van der Waals surface area contributed by atoms with Crippen LogP contribution in [-0.2, 0) is 27.7 Å². The van der Waals surface area contributed by atoms with E-state index in [9.17, 15) is 26.4 Å². The molecule has 1 aliphatic rings. The van der Waals surface area contributed by atoms with Gasteiger partial charge in [0.15, 0.2) is 5.13 Å². The number of thiazole rings is 1. The smallest absolute Gasteiger partial charge is 0.416 e. The molecule has 3 aromatic rings. The molecule has 0 aliphatic heterocycles. The van der Waals surface area contributed by atoms with E-state index in [1.54, 1.807) is 24.6 Å². The Balaban J connectivity index is 1.39. The van der Waals surface area contributed by atoms with Crippen LogP contribution in [0.15, 0.2) is 89.9 Å². The molecule has 38 heavy (non-hydrogen) atoms. The van der Waals surface area contributed by atoms with Crippen molar-refractivity contribution in [1.82, 2.24) is 4.98 Å². The largest absolute Gasteiger partial charge is 0.497 e. The quantitative estimate of drug-likeness (QED) is 0.295. The first-order valence-corrected chi connectivity index (χ1v) is 13.2. The highest BCUT2D eigenvalue weighted by Gasteiger charge is 2.30. The summed E-state index contributed by atoms with van der Waals surface area (Å²) in [5.41, 5.74) is 2.03. The first-order valence-electron chi connectivity index (χ1n) is 11.2. The van der Waals surface area contributed by atoms with Gasteiger partial charge in [-0.15, -0.1) is 11.3 Å². The summed E-state index contributed by atoms with van der Waals surface area (Å²) in [6, 6.07) is 12.0. The van der Waals surface area contributed by atoms with Crippen LogP contribution in [0.25, 0.3) is 11.3 Å². The van der Waals surface area contributed by atoms with Crippen molar-refractivity contribution in [3.05, 3.63) is 101 Å². The number of methoxy groups -OCH3 is 1. The van der Waals surface area contributed by atoms with Crippen LogP contribution < -0.4 is 10.1 Å². The fourth-order valence-corrected chi connectivity index (χ4v) is 5.04. The second-order valence-electron chi connectivity index (χ2n) is 8.23. The third-order valence-electron chi connectivity index (χ3n) is 5.63. The van der Waals surface area contributed by atoms with Gasteiger partial charge < -0.3 is 4.74 Å². The third-order valence-corrected chi connectivity index (χ3v) is 7.16. The standard InChI is InChI=1S/C27H21F3N2O4S2/c1-36-22-11-6-19(7-12-22)23-16-37-26(31-23)32-25(33)13-8-20-5-2-18(15-24(20)38(34)35)14-17-3-9-21(10-4-17)27(28,29)30/h2-13,15-16,20H,14H2,1H3,(H,31,32,33). The molecule has 0 saturated carbocycles. The zero-order chi connectivity index (χ0) is 27.3. The van der Waals surface area contributed by atoms with Gasteiger partial charge in [0.1, 0.15) is 5.75 Å². The molecule has 1 atom stereocenters. The molecule has 196 valence electrons. The number of amides is 1. The molecule has 1 amide bonds. The molecule has 0 spiro atoms. The number of ether oxygens (including phenoxy) is 1. The van der Waals surface area contributed by atoms with Gasteiger partial charge in [0, 0.05) is 22.9 Å². The van der Waals surface area contributed by atoms with E-state index in [1.807, 2.05) is 24.3 Å². The summed E-state index contributed by atoms with van der Waals surface area (Å²) in [7, 11) is -0.982. The minimum Gasteiger partial charge on any atom is -0.497 e. The first-order chi connectivity index (χ1) is 18.1. The van der Waals surface area contributed by atoms with E-state index in [2.05, 4.69) is 10.3 Å². The Labute approximate surface area is 222 Å². The number of hydrogen-bond donors (Lipinski definition) is 1. The number of aromatic nitrogens is 1. The molecule has 2 aromatic carbocycles. The van der Waals surface area contributed by atoms with Crippen LogP contribution in [0.4, 0.5) is 18.3 Å². The molecule has 1 aliphatic carbocycles. The number of rotatable bonds is 7. The lowest BCUT2D eigenvalue weighted by Crippen LogP contribution is -2.15. The molecule has 11 heteroatoms. The fraction of sp³-hybridized carbons (Fsp3) is 0.148. The zero-order valence-corrected chi connectivity index (χ0v) is 21.5. The molecular formula is C27H21F3N2O4S2. The number of anilines is 1. The first kappa shape index (κ1) is 27.1. The Morgan fingerprint density at radius 2 is 1.84 bits per heavy atom. The maximum Gasteiger partial charge on any atom is 0.416 e. The van der Waals surface area contributed by atoms with E-state index in [0.717, 1.165) is 23.4 Å². The zero-order valence-electron chi connectivity index (χ0n) is 19.9. The van der Waals surface area contributed by atoms with Gasteiger partial charge in [-0.05, 0) is 60.0 Å². The van der Waals surface area contributed by atoms with Crippen molar-refractivity contribution in [1.29, 1.82) is 0 Å². The maximum atomic E-state index is 12.8. The number of hydrogen-bond acceptors (Lipinski definition) is 6. The molecule has 0 bridgehead atoms. The molecule has 1 unspecified atom stereocenters. The van der Waals surface area contributed by atoms with E-state index in [-0.39, 0.29) is 11.3 Å². The number of carbonyl (C=O) groups is 1. The lowest BCUT2D eigenvalue weighted by atomic mass is 9.92. The highest BCUT2D eigenvalue weighted by Crippen LogP contribution is 2.30. The van der Waals surface area contributed by atoms with E-state index >= 15 is 0 Å². The lowest BCUT2D eigenvalue weighted by Gasteiger charge is -2.14. The Bertz CT molecular complexity index is 1540. The predicted molar refractivity (Wildman–Crippen MR) is 142 cm³/mol. The number of allylic oxidation sites excluding steroid dienone is 5. The van der Waals surface area contributed by atoms with Gasteiger partial charge in [-0.2, -0.15) is 21.6 Å². The fourth-order valence-electron chi connectivity index (χ4n) is 3.69. The molecule has 4 rings (SSSR count). The van der Waals surface area contributed by atoms with Gasteiger partial charge in [-0.1, -0.05) is 30.4 Å². The number of nitrogens with zero attached hydrogens (tertiary/aromatic N) is 1. The Morgan fingerprint density at radius 1 is 1.13 bits per heavy atom. The van der Waals surface area contributed by atoms with Crippen molar-refractivity contribution in [2.45, 2.75) is 12.6 Å². The minimum absolute atomic E-state index is 0.0505. The van der Waals surface area contributed by atoms with Crippen molar-refractivity contribution >= 4 is 37.5 Å². The monoisotopic (exact) mass is 558 g/mol. The van der Waals surface area contributed by atoms with Gasteiger partial charge in [0.05, 0.1) is 23.2 Å². The molecule has 6 nitrogen and oxygen atoms in total. The van der Waals surface area contributed by atoms with Crippen molar-refractivity contribution in [2.24, 2.45) is 5.92 Å². The minimum atomic E-state index is -4.42. The van der Waals surface area contributed by atoms with E-state index < -0.39 is 33.9 Å². The second-order valence-corrected chi connectivity index (χ2v) is 10.0. The van der Waals surface area contributed by atoms with E-state index in [4.69, 9.17) is 4.74 Å². The van der Waals surface area contributed by atoms with Crippen LogP contribution in [-0.4, -0.2) is 31.3 Å². The summed E-state index contributed by atoms with van der Waals surface area (Å²) in [5.74, 6) is -0.415. The van der Waals surface area contributed by atoms with Crippen LogP contribution in [0.2, 0.25) is 0 Å². The molecule has 1 heterocycles. The van der Waals surface area contributed by atoms with Crippen LogP contribution in [0.3, 0.4) is 0 Å². The van der Waals surface area contributed by atoms with Gasteiger partial charge in [-0.3, -0.25) is 10.1 Å². The predicted octanol–water partition coefficient (Wildman–Crippen LogP) is 5.74. The summed E-state index contributed by atoms with van der Waals surface area (Å²) >= 11 is 1.25. The molecule has 1 N–H and O–H groups in total. The average Bonchev–Trinajstić information content (AvgIpc) is 3.36. The highest BCUT2D eigenvalue weighted by molar-refractivity contribution is 7.73. The van der Waals surface area contributed by atoms with Gasteiger partial charge in [0.25, 0.3) is 0 Å². The highest BCUT2D eigenvalue weighted by atomic mass is 32.2. The number of benzene rings is 2. The number of carbonyl (C=O) groups excluding carboxylic acids is 1. The summed E-state index contributed by atoms with van der Waals surface area (Å²) < 4.78 is 67.1. The molecule has 0 fully saturated rings. The van der Waals surface area contributed by atoms with Crippen molar-refractivity contribution in [3.8, 4) is 17.0 Å². The van der Waals surface area contributed by atoms with Crippen molar-refractivity contribution < 1.29 is 31.1 Å². The molecular weight excluding hydrogens is 537 g/mol. The van der Waals surface area contributed by atoms with Crippen molar-refractivity contribution in [2.75, 3.05) is 12.4 Å². The second kappa shape index (κ2) is 11.6. The van der Waals surface area contributed by atoms with Gasteiger partial charge >= 0.3 is 6.18 Å². The summed E-state index contributed by atoms with van der Waals surface area (Å²) in [6.45, 7) is 0. The van der Waals surface area contributed by atoms with Crippen molar-refractivity contribution in [3.63, 3.8) is 0 Å². The van der Waals surface area contributed by atoms with Crippen LogP contribution in [0, 0.1) is 5.92 Å². The van der Waals surface area contributed by atoms with Gasteiger partial charge in [-0.25, -0.2) is 4.98 Å². The maximum absolute atomic E-state index is 12.8. The topological polar surface area (TPSA) is 85.4 Å². The Kier molecular flexibility index (Phi) is 8.28. The number of nitrogens with one attached hydrogen (secondary N) is 1. The SMILES string of the molecule is COc1ccc(-c2csc(NC(=O)C=CC3C=CC(Cc4ccc(C(F)(F)F)cc4)=CC3=S(=O)=O)n2)cc1. The van der Waals surface area contributed by atoms with Crippen LogP contribution >= 0.6 is 11.3 Å². The Hall–Kier alpha value is -3.96. The number of alkyl halides is 3. The molecule has 1 aromatic heterocycles. The third kappa shape index (κ3) is 6.87. The lowest BCUT2D eigenvalue weighted by molar-refractivity contribution is -0.137. The van der Waals surface area contributed by atoms with Crippen LogP contribution in [0.5, 0.6) is 5.75 Å². The summed E-state index contributed by atoms with van der Waals surface area (Å²) in [5, 5.41) is 4.86. The normalized spacial score (nSPS) is 15.4.